The highest BCUT2D eigenvalue weighted by Crippen LogP contribution is 2.37. The average molecular weight is 246 g/mol. The largest absolute Gasteiger partial charge is 0.327 e. The Morgan fingerprint density at radius 1 is 1.44 bits per heavy atom. The molecular formula is C16H26N2. The summed E-state index contributed by atoms with van der Waals surface area (Å²) >= 11 is 0. The molecule has 2 rings (SSSR count). The summed E-state index contributed by atoms with van der Waals surface area (Å²) in [6, 6.07) is 9.14. The molecule has 0 amide bonds. The molecule has 0 spiro atoms. The van der Waals surface area contributed by atoms with Crippen LogP contribution in [0.3, 0.4) is 0 Å². The van der Waals surface area contributed by atoms with Crippen LogP contribution in [0, 0.1) is 12.3 Å². The molecule has 1 aromatic rings. The Balaban J connectivity index is 1.94. The molecule has 0 saturated heterocycles. The van der Waals surface area contributed by atoms with E-state index in [9.17, 15) is 0 Å². The second-order valence-electron chi connectivity index (χ2n) is 6.31. The average Bonchev–Trinajstić information content (AvgIpc) is 2.58. The van der Waals surface area contributed by atoms with Crippen LogP contribution in [0.25, 0.3) is 0 Å². The van der Waals surface area contributed by atoms with E-state index in [-0.39, 0.29) is 0 Å². The van der Waals surface area contributed by atoms with Gasteiger partial charge >= 0.3 is 0 Å². The van der Waals surface area contributed by atoms with E-state index in [1.807, 2.05) is 0 Å². The number of hydrogen-bond donors (Lipinski definition) is 1. The van der Waals surface area contributed by atoms with Gasteiger partial charge in [0.05, 0.1) is 0 Å². The van der Waals surface area contributed by atoms with Crippen molar-refractivity contribution in [3.63, 3.8) is 0 Å². The van der Waals surface area contributed by atoms with Gasteiger partial charge in [0, 0.05) is 19.1 Å². The predicted octanol–water partition coefficient (Wildman–Crippen LogP) is 2.94. The van der Waals surface area contributed by atoms with Crippen LogP contribution < -0.4 is 5.73 Å². The first-order valence-electron chi connectivity index (χ1n) is 6.99. The van der Waals surface area contributed by atoms with Crippen LogP contribution in [0.15, 0.2) is 24.3 Å². The number of hydrogen-bond acceptors (Lipinski definition) is 2. The van der Waals surface area contributed by atoms with Gasteiger partial charge in [-0.2, -0.15) is 0 Å². The van der Waals surface area contributed by atoms with Crippen molar-refractivity contribution < 1.29 is 0 Å². The van der Waals surface area contributed by atoms with Crippen LogP contribution in [0.1, 0.15) is 37.3 Å². The van der Waals surface area contributed by atoms with E-state index in [2.05, 4.69) is 50.1 Å². The second kappa shape index (κ2) is 5.41. The molecule has 1 aliphatic rings. The summed E-state index contributed by atoms with van der Waals surface area (Å²) in [4.78, 5) is 2.42. The van der Waals surface area contributed by atoms with E-state index >= 15 is 0 Å². The SMILES string of the molecule is Cc1cccc(CN(C)CC2(C)CCCC2N)c1. The number of nitrogens with zero attached hydrogens (tertiary/aromatic N) is 1. The minimum absolute atomic E-state index is 0.304. The fourth-order valence-electron chi connectivity index (χ4n) is 3.25. The molecule has 0 aromatic heterocycles. The third kappa shape index (κ3) is 3.12. The number of rotatable bonds is 4. The fraction of sp³-hybridized carbons (Fsp3) is 0.625. The van der Waals surface area contributed by atoms with Crippen LogP contribution >= 0.6 is 0 Å². The van der Waals surface area contributed by atoms with Crippen LogP contribution in [0.5, 0.6) is 0 Å². The first-order chi connectivity index (χ1) is 8.49. The number of aryl methyl sites for hydroxylation is 1. The van der Waals surface area contributed by atoms with E-state index in [0.29, 0.717) is 11.5 Å². The maximum Gasteiger partial charge on any atom is 0.0231 e. The summed E-state index contributed by atoms with van der Waals surface area (Å²) in [6.45, 7) is 6.61. The lowest BCUT2D eigenvalue weighted by molar-refractivity contribution is 0.173. The molecule has 0 bridgehead atoms. The molecule has 2 N–H and O–H groups in total. The van der Waals surface area contributed by atoms with Crippen LogP contribution in [-0.2, 0) is 6.54 Å². The second-order valence-corrected chi connectivity index (χ2v) is 6.31. The molecule has 2 nitrogen and oxygen atoms in total. The quantitative estimate of drug-likeness (QED) is 0.885. The molecule has 1 fully saturated rings. The topological polar surface area (TPSA) is 29.3 Å². The molecule has 2 heteroatoms. The zero-order valence-electron chi connectivity index (χ0n) is 11.9. The fourth-order valence-corrected chi connectivity index (χ4v) is 3.25. The zero-order valence-corrected chi connectivity index (χ0v) is 11.9. The van der Waals surface area contributed by atoms with Crippen molar-refractivity contribution in [3.05, 3.63) is 35.4 Å². The van der Waals surface area contributed by atoms with Gasteiger partial charge in [-0.1, -0.05) is 43.2 Å². The maximum absolute atomic E-state index is 6.25. The van der Waals surface area contributed by atoms with Gasteiger partial charge in [-0.25, -0.2) is 0 Å². The van der Waals surface area contributed by atoms with Gasteiger partial charge in [0.15, 0.2) is 0 Å². The Hall–Kier alpha value is -0.860. The van der Waals surface area contributed by atoms with Gasteiger partial charge in [-0.05, 0) is 37.8 Å². The van der Waals surface area contributed by atoms with E-state index in [1.54, 1.807) is 0 Å². The van der Waals surface area contributed by atoms with Crippen molar-refractivity contribution >= 4 is 0 Å². The van der Waals surface area contributed by atoms with Gasteiger partial charge in [0.25, 0.3) is 0 Å². The molecule has 2 atom stereocenters. The van der Waals surface area contributed by atoms with Crippen molar-refractivity contribution in [2.75, 3.05) is 13.6 Å². The van der Waals surface area contributed by atoms with E-state index in [4.69, 9.17) is 5.73 Å². The highest BCUT2D eigenvalue weighted by atomic mass is 15.1. The third-order valence-corrected chi connectivity index (χ3v) is 4.32. The third-order valence-electron chi connectivity index (χ3n) is 4.32. The summed E-state index contributed by atoms with van der Waals surface area (Å²) in [5, 5.41) is 0. The van der Waals surface area contributed by atoms with E-state index in [0.717, 1.165) is 13.1 Å². The Morgan fingerprint density at radius 3 is 2.83 bits per heavy atom. The Kier molecular flexibility index (Phi) is 4.08. The Bertz CT molecular complexity index is 402. The first-order valence-corrected chi connectivity index (χ1v) is 6.99. The summed E-state index contributed by atoms with van der Waals surface area (Å²) in [7, 11) is 2.21. The normalized spacial score (nSPS) is 27.9. The smallest absolute Gasteiger partial charge is 0.0231 e. The zero-order chi connectivity index (χ0) is 13.2. The predicted molar refractivity (Wildman–Crippen MR) is 77.4 cm³/mol. The minimum atomic E-state index is 0.304. The summed E-state index contributed by atoms with van der Waals surface area (Å²) in [6.07, 6.45) is 3.75. The number of benzene rings is 1. The van der Waals surface area contributed by atoms with Gasteiger partial charge in [-0.15, -0.1) is 0 Å². The van der Waals surface area contributed by atoms with Crippen LogP contribution in [0.2, 0.25) is 0 Å². The van der Waals surface area contributed by atoms with Gasteiger partial charge < -0.3 is 10.6 Å². The lowest BCUT2D eigenvalue weighted by atomic mass is 9.84. The lowest BCUT2D eigenvalue weighted by Gasteiger charge is -2.33. The van der Waals surface area contributed by atoms with Gasteiger partial charge in [0.2, 0.25) is 0 Å². The molecular weight excluding hydrogens is 220 g/mol. The van der Waals surface area contributed by atoms with Crippen molar-refractivity contribution in [3.8, 4) is 0 Å². The van der Waals surface area contributed by atoms with Crippen LogP contribution in [0.4, 0.5) is 0 Å². The number of nitrogens with two attached hydrogens (primary N) is 1. The van der Waals surface area contributed by atoms with E-state index < -0.39 is 0 Å². The first kappa shape index (κ1) is 13.6. The molecule has 1 aromatic carbocycles. The Morgan fingerprint density at radius 2 is 2.22 bits per heavy atom. The molecule has 18 heavy (non-hydrogen) atoms. The Labute approximate surface area is 111 Å². The highest BCUT2D eigenvalue weighted by molar-refractivity contribution is 5.22. The van der Waals surface area contributed by atoms with Crippen molar-refractivity contribution in [2.24, 2.45) is 11.1 Å². The van der Waals surface area contributed by atoms with Gasteiger partial charge in [0.1, 0.15) is 0 Å². The van der Waals surface area contributed by atoms with Crippen molar-refractivity contribution in [2.45, 2.75) is 45.7 Å². The molecule has 2 unspecified atom stereocenters. The van der Waals surface area contributed by atoms with Gasteiger partial charge in [-0.3, -0.25) is 0 Å². The summed E-state index contributed by atoms with van der Waals surface area (Å²) in [5.74, 6) is 0. The molecule has 1 aliphatic carbocycles. The van der Waals surface area contributed by atoms with Crippen LogP contribution in [-0.4, -0.2) is 24.5 Å². The van der Waals surface area contributed by atoms with Crippen molar-refractivity contribution in [1.29, 1.82) is 0 Å². The maximum atomic E-state index is 6.25. The summed E-state index contributed by atoms with van der Waals surface area (Å²) < 4.78 is 0. The minimum Gasteiger partial charge on any atom is -0.327 e. The molecule has 0 heterocycles. The monoisotopic (exact) mass is 246 g/mol. The standard InChI is InChI=1S/C16H26N2/c1-13-6-4-7-14(10-13)11-18(3)12-16(2)9-5-8-15(16)17/h4,6-7,10,15H,5,8-9,11-12,17H2,1-3H3. The molecule has 1 saturated carbocycles. The van der Waals surface area contributed by atoms with E-state index in [1.165, 1.54) is 30.4 Å². The molecule has 100 valence electrons. The molecule has 0 radical (unpaired) electrons. The summed E-state index contributed by atoms with van der Waals surface area (Å²) in [5.41, 5.74) is 9.29. The lowest BCUT2D eigenvalue weighted by Crippen LogP contribution is -2.42. The molecule has 0 aliphatic heterocycles. The highest BCUT2D eigenvalue weighted by Gasteiger charge is 2.36. The van der Waals surface area contributed by atoms with Crippen molar-refractivity contribution in [1.82, 2.24) is 4.90 Å².